The van der Waals surface area contributed by atoms with E-state index in [0.717, 1.165) is 16.1 Å². The zero-order valence-electron chi connectivity index (χ0n) is 14.3. The lowest BCUT2D eigenvalue weighted by atomic mass is 10.3. The van der Waals surface area contributed by atoms with Crippen LogP contribution in [0.4, 0.5) is 5.82 Å². The number of rotatable bonds is 4. The van der Waals surface area contributed by atoms with Crippen molar-refractivity contribution in [2.24, 2.45) is 0 Å². The summed E-state index contributed by atoms with van der Waals surface area (Å²) >= 11 is 0. The van der Waals surface area contributed by atoms with Crippen molar-refractivity contribution in [2.75, 3.05) is 5.32 Å². The van der Waals surface area contributed by atoms with Gasteiger partial charge >= 0.3 is 0 Å². The Hall–Kier alpha value is -3.23. The lowest BCUT2D eigenvalue weighted by molar-refractivity contribution is -0.119. The maximum atomic E-state index is 12.4. The summed E-state index contributed by atoms with van der Waals surface area (Å²) in [5.74, 6) is 0.900. The molecule has 3 heterocycles. The van der Waals surface area contributed by atoms with Gasteiger partial charge in [0.15, 0.2) is 11.6 Å². The van der Waals surface area contributed by atoms with E-state index in [1.807, 2.05) is 19.9 Å². The zero-order valence-corrected chi connectivity index (χ0v) is 14.3. The van der Waals surface area contributed by atoms with E-state index in [1.165, 1.54) is 6.07 Å². The zero-order chi connectivity index (χ0) is 18.1. The van der Waals surface area contributed by atoms with Crippen molar-refractivity contribution < 1.29 is 9.32 Å². The van der Waals surface area contributed by atoms with Crippen molar-refractivity contribution >= 4 is 11.7 Å². The average molecular weight is 342 g/mol. The topological polar surface area (TPSA) is 108 Å². The highest BCUT2D eigenvalue weighted by Gasteiger charge is 2.20. The van der Waals surface area contributed by atoms with Gasteiger partial charge in [-0.15, -0.1) is 5.10 Å². The second kappa shape index (κ2) is 6.34. The third-order valence-electron chi connectivity index (χ3n) is 3.66. The number of carbonyl (C=O) groups is 1. The molecule has 130 valence electrons. The van der Waals surface area contributed by atoms with Crippen molar-refractivity contribution in [3.05, 3.63) is 51.8 Å². The predicted molar refractivity (Wildman–Crippen MR) is 89.7 cm³/mol. The molecule has 0 aromatic carbocycles. The Labute approximate surface area is 143 Å². The van der Waals surface area contributed by atoms with Gasteiger partial charge in [-0.3, -0.25) is 9.59 Å². The van der Waals surface area contributed by atoms with Gasteiger partial charge in [0.25, 0.3) is 5.56 Å². The number of anilines is 1. The maximum absolute atomic E-state index is 12.4. The fourth-order valence-corrected chi connectivity index (χ4v) is 2.43. The van der Waals surface area contributed by atoms with Gasteiger partial charge in [-0.25, -0.2) is 9.36 Å². The molecule has 0 saturated heterocycles. The molecule has 1 atom stereocenters. The molecule has 0 spiro atoms. The first-order chi connectivity index (χ1) is 11.8. The normalized spacial score (nSPS) is 12.2. The Kier molecular flexibility index (Phi) is 4.22. The van der Waals surface area contributed by atoms with Gasteiger partial charge in [0.1, 0.15) is 11.8 Å². The molecule has 9 heteroatoms. The summed E-state index contributed by atoms with van der Waals surface area (Å²) < 4.78 is 7.65. The fourth-order valence-electron chi connectivity index (χ4n) is 2.43. The van der Waals surface area contributed by atoms with Crippen LogP contribution >= 0.6 is 0 Å². The van der Waals surface area contributed by atoms with Crippen molar-refractivity contribution in [3.63, 3.8) is 0 Å². The van der Waals surface area contributed by atoms with Crippen LogP contribution in [0, 0.1) is 20.8 Å². The van der Waals surface area contributed by atoms with Crippen LogP contribution in [0.1, 0.15) is 30.1 Å². The smallest absolute Gasteiger partial charge is 0.267 e. The standard InChI is InChI=1S/C16H18N6O3/c1-9-7-10(2)21(18-9)14-5-6-15(23)22(19-14)12(4)16(24)17-13-8-11(3)25-20-13/h5-8,12H,1-4H3,(H,17,20,24)/t12-/m0/s1. The Bertz CT molecular complexity index is 984. The third kappa shape index (κ3) is 3.35. The van der Waals surface area contributed by atoms with Gasteiger partial charge in [0, 0.05) is 17.8 Å². The van der Waals surface area contributed by atoms with E-state index in [0.29, 0.717) is 11.6 Å². The van der Waals surface area contributed by atoms with E-state index in [-0.39, 0.29) is 11.4 Å². The molecule has 0 unspecified atom stereocenters. The molecule has 0 aliphatic carbocycles. The molecular weight excluding hydrogens is 324 g/mol. The van der Waals surface area contributed by atoms with Crippen molar-refractivity contribution in [1.82, 2.24) is 24.7 Å². The largest absolute Gasteiger partial charge is 0.360 e. The fraction of sp³-hybridized carbons (Fsp3) is 0.312. The number of aromatic nitrogens is 5. The van der Waals surface area contributed by atoms with Crippen LogP contribution in [0.3, 0.4) is 0 Å². The summed E-state index contributed by atoms with van der Waals surface area (Å²) in [6.45, 7) is 7.06. The highest BCUT2D eigenvalue weighted by atomic mass is 16.5. The van der Waals surface area contributed by atoms with Crippen LogP contribution in [-0.2, 0) is 4.79 Å². The molecule has 25 heavy (non-hydrogen) atoms. The molecule has 3 aromatic heterocycles. The van der Waals surface area contributed by atoms with E-state index in [9.17, 15) is 9.59 Å². The molecule has 9 nitrogen and oxygen atoms in total. The molecule has 0 fully saturated rings. The molecule has 0 radical (unpaired) electrons. The van der Waals surface area contributed by atoms with Crippen LogP contribution < -0.4 is 10.9 Å². The quantitative estimate of drug-likeness (QED) is 0.770. The average Bonchev–Trinajstić information content (AvgIpc) is 3.12. The number of amides is 1. The molecule has 0 bridgehead atoms. The second-order valence-electron chi connectivity index (χ2n) is 5.80. The summed E-state index contributed by atoms with van der Waals surface area (Å²) in [5.41, 5.74) is 1.33. The Morgan fingerprint density at radius 1 is 1.20 bits per heavy atom. The second-order valence-corrected chi connectivity index (χ2v) is 5.80. The van der Waals surface area contributed by atoms with Crippen LogP contribution in [0.5, 0.6) is 0 Å². The summed E-state index contributed by atoms with van der Waals surface area (Å²) in [4.78, 5) is 24.5. The number of carbonyl (C=O) groups excluding carboxylic acids is 1. The number of aryl methyl sites for hydroxylation is 3. The minimum atomic E-state index is -0.832. The summed E-state index contributed by atoms with van der Waals surface area (Å²) in [5, 5.41) is 14.9. The monoisotopic (exact) mass is 342 g/mol. The molecule has 3 rings (SSSR count). The van der Waals surface area contributed by atoms with Gasteiger partial charge in [0.05, 0.1) is 5.69 Å². The molecule has 3 aromatic rings. The lowest BCUT2D eigenvalue weighted by Crippen LogP contribution is -2.33. The summed E-state index contributed by atoms with van der Waals surface area (Å²) in [6.07, 6.45) is 0. The maximum Gasteiger partial charge on any atom is 0.267 e. The van der Waals surface area contributed by atoms with E-state index in [2.05, 4.69) is 20.7 Å². The summed E-state index contributed by atoms with van der Waals surface area (Å²) in [6, 6.07) is 5.60. The first kappa shape index (κ1) is 16.6. The molecule has 0 aliphatic rings. The van der Waals surface area contributed by atoms with E-state index in [1.54, 1.807) is 30.7 Å². The van der Waals surface area contributed by atoms with Crippen molar-refractivity contribution in [3.8, 4) is 5.82 Å². The minimum Gasteiger partial charge on any atom is -0.360 e. The van der Waals surface area contributed by atoms with E-state index in [4.69, 9.17) is 4.52 Å². The summed E-state index contributed by atoms with van der Waals surface area (Å²) in [7, 11) is 0. The van der Waals surface area contributed by atoms with Gasteiger partial charge in [-0.1, -0.05) is 5.16 Å². The first-order valence-electron chi connectivity index (χ1n) is 7.73. The number of hydrogen-bond donors (Lipinski definition) is 1. The number of nitrogens with zero attached hydrogens (tertiary/aromatic N) is 5. The SMILES string of the molecule is Cc1cc(C)n(-c2ccc(=O)n([C@@H](C)C(=O)Nc3cc(C)on3)n2)n1. The highest BCUT2D eigenvalue weighted by molar-refractivity contribution is 5.92. The van der Waals surface area contributed by atoms with Crippen molar-refractivity contribution in [1.29, 1.82) is 0 Å². The van der Waals surface area contributed by atoms with E-state index < -0.39 is 11.9 Å². The Morgan fingerprint density at radius 2 is 1.96 bits per heavy atom. The third-order valence-corrected chi connectivity index (χ3v) is 3.66. The molecule has 0 aliphatic heterocycles. The van der Waals surface area contributed by atoms with E-state index >= 15 is 0 Å². The molecule has 1 amide bonds. The minimum absolute atomic E-state index is 0.289. The predicted octanol–water partition coefficient (Wildman–Crippen LogP) is 1.54. The Balaban J connectivity index is 1.90. The van der Waals surface area contributed by atoms with Gasteiger partial charge in [-0.2, -0.15) is 5.10 Å². The number of hydrogen-bond acceptors (Lipinski definition) is 6. The first-order valence-corrected chi connectivity index (χ1v) is 7.73. The van der Waals surface area contributed by atoms with Crippen molar-refractivity contribution in [2.45, 2.75) is 33.7 Å². The van der Waals surface area contributed by atoms with Crippen LogP contribution in [0.15, 0.2) is 33.6 Å². The van der Waals surface area contributed by atoms with Crippen LogP contribution in [0.25, 0.3) is 5.82 Å². The van der Waals surface area contributed by atoms with Gasteiger partial charge in [0.2, 0.25) is 5.91 Å². The molecular formula is C16H18N6O3. The number of nitrogens with one attached hydrogen (secondary N) is 1. The van der Waals surface area contributed by atoms with Gasteiger partial charge in [-0.05, 0) is 39.8 Å². The molecule has 0 saturated carbocycles. The van der Waals surface area contributed by atoms with Crippen LogP contribution in [-0.4, -0.2) is 30.6 Å². The Morgan fingerprint density at radius 3 is 2.56 bits per heavy atom. The lowest BCUT2D eigenvalue weighted by Gasteiger charge is -2.14. The molecule has 1 N–H and O–H groups in total. The van der Waals surface area contributed by atoms with Crippen LogP contribution in [0.2, 0.25) is 0 Å². The van der Waals surface area contributed by atoms with Gasteiger partial charge < -0.3 is 9.84 Å². The highest BCUT2D eigenvalue weighted by Crippen LogP contribution is 2.12.